The minimum atomic E-state index is -0.383. The van der Waals surface area contributed by atoms with Gasteiger partial charge in [0.25, 0.3) is 0 Å². The van der Waals surface area contributed by atoms with Gasteiger partial charge in [-0.2, -0.15) is 0 Å². The van der Waals surface area contributed by atoms with Crippen LogP contribution in [0.2, 0.25) is 0 Å². The van der Waals surface area contributed by atoms with Gasteiger partial charge in [-0.1, -0.05) is 17.5 Å². The molecule has 2 rings (SSSR count). The zero-order chi connectivity index (χ0) is 11.5. The maximum atomic E-state index is 11.2. The van der Waals surface area contributed by atoms with Gasteiger partial charge in [-0.05, 0) is 41.2 Å². The van der Waals surface area contributed by atoms with Crippen molar-refractivity contribution in [3.8, 4) is 10.4 Å². The minimum absolute atomic E-state index is 0.383. The van der Waals surface area contributed by atoms with E-state index in [0.717, 1.165) is 22.4 Å². The van der Waals surface area contributed by atoms with E-state index < -0.39 is 0 Å². The topological polar surface area (TPSA) is 68.9 Å². The van der Waals surface area contributed by atoms with Crippen molar-refractivity contribution in [1.29, 1.82) is 0 Å². The number of nitrogens with zero attached hydrogens (tertiary/aromatic N) is 2. The summed E-state index contributed by atoms with van der Waals surface area (Å²) in [6.45, 7) is 2.00. The van der Waals surface area contributed by atoms with Crippen LogP contribution in [0.3, 0.4) is 0 Å². The van der Waals surface area contributed by atoms with E-state index in [4.69, 9.17) is 5.73 Å². The van der Waals surface area contributed by atoms with E-state index in [1.54, 1.807) is 12.3 Å². The molecule has 1 aromatic carbocycles. The Bertz CT molecular complexity index is 508. The Kier molecular flexibility index (Phi) is 2.96. The number of aromatic nitrogens is 2. The third-order valence-electron chi connectivity index (χ3n) is 2.40. The van der Waals surface area contributed by atoms with Gasteiger partial charge >= 0.3 is 0 Å². The van der Waals surface area contributed by atoms with Crippen molar-refractivity contribution in [2.24, 2.45) is 5.73 Å². The Morgan fingerprint density at radius 1 is 1.50 bits per heavy atom. The summed E-state index contributed by atoms with van der Waals surface area (Å²) in [7, 11) is 0. The third kappa shape index (κ3) is 1.94. The van der Waals surface area contributed by atoms with Crippen LogP contribution >= 0.6 is 11.5 Å². The van der Waals surface area contributed by atoms with Gasteiger partial charge in [0.2, 0.25) is 5.91 Å². The second kappa shape index (κ2) is 4.40. The van der Waals surface area contributed by atoms with Crippen molar-refractivity contribution in [3.63, 3.8) is 0 Å². The first-order valence-electron chi connectivity index (χ1n) is 4.93. The monoisotopic (exact) mass is 233 g/mol. The zero-order valence-corrected chi connectivity index (χ0v) is 9.62. The van der Waals surface area contributed by atoms with Crippen LogP contribution in [0.15, 0.2) is 24.4 Å². The van der Waals surface area contributed by atoms with E-state index in [2.05, 4.69) is 9.59 Å². The average Bonchev–Trinajstić information content (AvgIpc) is 2.81. The lowest BCUT2D eigenvalue weighted by Crippen LogP contribution is -2.13. The van der Waals surface area contributed by atoms with Crippen LogP contribution in [0.4, 0.5) is 0 Å². The van der Waals surface area contributed by atoms with Crippen LogP contribution in [0.25, 0.3) is 10.4 Å². The molecule has 4 nitrogen and oxygen atoms in total. The predicted octanol–water partition coefficient (Wildman–Crippen LogP) is 1.87. The van der Waals surface area contributed by atoms with Crippen molar-refractivity contribution in [1.82, 2.24) is 9.59 Å². The molecule has 0 unspecified atom stereocenters. The van der Waals surface area contributed by atoms with Crippen molar-refractivity contribution >= 4 is 17.4 Å². The van der Waals surface area contributed by atoms with Crippen LogP contribution in [0, 0.1) is 0 Å². The summed E-state index contributed by atoms with van der Waals surface area (Å²) in [5, 5.41) is 3.79. The Labute approximate surface area is 97.3 Å². The fourth-order valence-electron chi connectivity index (χ4n) is 1.57. The van der Waals surface area contributed by atoms with Crippen molar-refractivity contribution in [3.05, 3.63) is 35.5 Å². The molecule has 0 saturated carbocycles. The SMILES string of the molecule is CCc1cc(-c2cnns2)ccc1C(N)=O. The quantitative estimate of drug-likeness (QED) is 0.879. The molecule has 0 bridgehead atoms. The highest BCUT2D eigenvalue weighted by Crippen LogP contribution is 2.24. The minimum Gasteiger partial charge on any atom is -0.366 e. The second-order valence-electron chi connectivity index (χ2n) is 3.37. The Morgan fingerprint density at radius 3 is 2.88 bits per heavy atom. The Hall–Kier alpha value is -1.75. The van der Waals surface area contributed by atoms with E-state index in [9.17, 15) is 4.79 Å². The van der Waals surface area contributed by atoms with Gasteiger partial charge in [-0.3, -0.25) is 4.79 Å². The van der Waals surface area contributed by atoms with E-state index in [1.165, 1.54) is 11.5 Å². The molecule has 1 aromatic heterocycles. The fraction of sp³-hybridized carbons (Fsp3) is 0.182. The molecule has 82 valence electrons. The summed E-state index contributed by atoms with van der Waals surface area (Å²) in [4.78, 5) is 12.2. The van der Waals surface area contributed by atoms with E-state index in [1.807, 2.05) is 19.1 Å². The number of primary amides is 1. The maximum Gasteiger partial charge on any atom is 0.248 e. The molecule has 0 spiro atoms. The van der Waals surface area contributed by atoms with E-state index >= 15 is 0 Å². The van der Waals surface area contributed by atoms with Crippen LogP contribution in [0.1, 0.15) is 22.8 Å². The van der Waals surface area contributed by atoms with Gasteiger partial charge in [0.1, 0.15) is 0 Å². The molecule has 0 aliphatic carbocycles. The largest absolute Gasteiger partial charge is 0.366 e. The Morgan fingerprint density at radius 2 is 2.31 bits per heavy atom. The Balaban J connectivity index is 2.49. The molecule has 2 aromatic rings. The number of aryl methyl sites for hydroxylation is 1. The standard InChI is InChI=1S/C11H11N3OS/c1-2-7-5-8(10-6-13-14-16-10)3-4-9(7)11(12)15/h3-6H,2H2,1H3,(H2,12,15). The van der Waals surface area contributed by atoms with Gasteiger partial charge in [0.15, 0.2) is 0 Å². The number of hydrogen-bond acceptors (Lipinski definition) is 4. The lowest BCUT2D eigenvalue weighted by atomic mass is 10.0. The summed E-state index contributed by atoms with van der Waals surface area (Å²) in [5.74, 6) is -0.383. The molecular formula is C11H11N3OS. The highest BCUT2D eigenvalue weighted by Gasteiger charge is 2.09. The molecule has 0 atom stereocenters. The number of rotatable bonds is 3. The maximum absolute atomic E-state index is 11.2. The lowest BCUT2D eigenvalue weighted by molar-refractivity contribution is 0.0999. The smallest absolute Gasteiger partial charge is 0.248 e. The molecule has 5 heteroatoms. The molecule has 2 N–H and O–H groups in total. The molecule has 0 saturated heterocycles. The van der Waals surface area contributed by atoms with Gasteiger partial charge in [-0.15, -0.1) is 5.10 Å². The van der Waals surface area contributed by atoms with E-state index in [0.29, 0.717) is 5.56 Å². The molecule has 0 aliphatic rings. The summed E-state index contributed by atoms with van der Waals surface area (Å²) in [6.07, 6.45) is 2.49. The molecule has 16 heavy (non-hydrogen) atoms. The summed E-state index contributed by atoms with van der Waals surface area (Å²) >= 11 is 1.33. The van der Waals surface area contributed by atoms with Crippen molar-refractivity contribution in [2.75, 3.05) is 0 Å². The first-order valence-corrected chi connectivity index (χ1v) is 5.70. The second-order valence-corrected chi connectivity index (χ2v) is 4.16. The summed E-state index contributed by atoms with van der Waals surface area (Å²) < 4.78 is 3.81. The number of hydrogen-bond donors (Lipinski definition) is 1. The van der Waals surface area contributed by atoms with Crippen LogP contribution < -0.4 is 5.73 Å². The third-order valence-corrected chi connectivity index (χ3v) is 3.11. The number of benzene rings is 1. The van der Waals surface area contributed by atoms with Crippen molar-refractivity contribution in [2.45, 2.75) is 13.3 Å². The molecule has 0 aliphatic heterocycles. The van der Waals surface area contributed by atoms with E-state index in [-0.39, 0.29) is 5.91 Å². The lowest BCUT2D eigenvalue weighted by Gasteiger charge is -2.05. The normalized spacial score (nSPS) is 10.3. The zero-order valence-electron chi connectivity index (χ0n) is 8.80. The highest BCUT2D eigenvalue weighted by molar-refractivity contribution is 7.09. The number of carbonyl (C=O) groups excluding carboxylic acids is 1. The van der Waals surface area contributed by atoms with Gasteiger partial charge in [0.05, 0.1) is 11.1 Å². The first-order chi connectivity index (χ1) is 7.72. The number of carbonyl (C=O) groups is 1. The van der Waals surface area contributed by atoms with Gasteiger partial charge in [-0.25, -0.2) is 0 Å². The first kappa shape index (κ1) is 10.8. The molecule has 1 heterocycles. The summed E-state index contributed by atoms with van der Waals surface area (Å²) in [5.41, 5.74) is 7.87. The van der Waals surface area contributed by atoms with Crippen LogP contribution in [-0.2, 0) is 6.42 Å². The number of amides is 1. The average molecular weight is 233 g/mol. The molecule has 0 fully saturated rings. The predicted molar refractivity (Wildman–Crippen MR) is 63.2 cm³/mol. The van der Waals surface area contributed by atoms with Crippen LogP contribution in [-0.4, -0.2) is 15.5 Å². The highest BCUT2D eigenvalue weighted by atomic mass is 32.1. The van der Waals surface area contributed by atoms with Gasteiger partial charge < -0.3 is 5.73 Å². The fourth-order valence-corrected chi connectivity index (χ4v) is 2.08. The van der Waals surface area contributed by atoms with Gasteiger partial charge in [0, 0.05) is 5.56 Å². The van der Waals surface area contributed by atoms with Crippen LogP contribution in [0.5, 0.6) is 0 Å². The molecule has 0 radical (unpaired) electrons. The summed E-state index contributed by atoms with van der Waals surface area (Å²) in [6, 6.07) is 5.60. The molecule has 1 amide bonds. The van der Waals surface area contributed by atoms with Crippen molar-refractivity contribution < 1.29 is 4.79 Å². The number of nitrogens with two attached hydrogens (primary N) is 1. The molecular weight excluding hydrogens is 222 g/mol.